The molecule has 2 unspecified atom stereocenters. The number of unbranched alkanes of at least 4 members (excludes halogenated alkanes) is 21. The highest BCUT2D eigenvalue weighted by Gasteiger charge is 2.26. The first kappa shape index (κ1) is 78.6. The Hall–Kier alpha value is -4.37. The van der Waals surface area contributed by atoms with Gasteiger partial charge < -0.3 is 20.1 Å². The van der Waals surface area contributed by atoms with Crippen LogP contribution >= 0.6 is 7.82 Å². The molecule has 470 valence electrons. The van der Waals surface area contributed by atoms with Crippen molar-refractivity contribution in [1.82, 2.24) is 0 Å². The fourth-order valence-corrected chi connectivity index (χ4v) is 9.39. The summed E-state index contributed by atoms with van der Waals surface area (Å²) in [6.45, 7) is 3.50. The summed E-state index contributed by atoms with van der Waals surface area (Å²) in [6, 6.07) is 0. The smallest absolute Gasteiger partial charge is 0.462 e. The third-order valence-corrected chi connectivity index (χ3v) is 14.4. The van der Waals surface area contributed by atoms with Gasteiger partial charge in [-0.2, -0.15) is 0 Å². The van der Waals surface area contributed by atoms with Crippen LogP contribution in [0.15, 0.2) is 158 Å². The average molecular weight is 1170 g/mol. The molecule has 0 saturated carbocycles. The van der Waals surface area contributed by atoms with Gasteiger partial charge >= 0.3 is 19.8 Å². The van der Waals surface area contributed by atoms with Gasteiger partial charge in [0, 0.05) is 19.4 Å². The van der Waals surface area contributed by atoms with Crippen molar-refractivity contribution in [3.8, 4) is 0 Å². The molecule has 0 aliphatic rings. The summed E-state index contributed by atoms with van der Waals surface area (Å²) in [5.74, 6) is -0.843. The van der Waals surface area contributed by atoms with Crippen LogP contribution < -0.4 is 5.73 Å². The second-order valence-electron chi connectivity index (χ2n) is 21.2. The van der Waals surface area contributed by atoms with Gasteiger partial charge in [0.05, 0.1) is 13.2 Å². The lowest BCUT2D eigenvalue weighted by molar-refractivity contribution is -0.161. The summed E-state index contributed by atoms with van der Waals surface area (Å²) in [7, 11) is -4.40. The van der Waals surface area contributed by atoms with E-state index in [9.17, 15) is 19.0 Å². The molecule has 9 nitrogen and oxygen atoms in total. The number of phosphoric acid groups is 1. The molecule has 10 heteroatoms. The van der Waals surface area contributed by atoms with E-state index in [1.807, 2.05) is 0 Å². The van der Waals surface area contributed by atoms with Crippen LogP contribution in [-0.4, -0.2) is 49.3 Å². The van der Waals surface area contributed by atoms with Gasteiger partial charge in [-0.25, -0.2) is 4.57 Å². The molecule has 0 aliphatic carbocycles. The lowest BCUT2D eigenvalue weighted by Crippen LogP contribution is -2.29. The summed E-state index contributed by atoms with van der Waals surface area (Å²) in [6.07, 6.45) is 97.4. The first-order chi connectivity index (χ1) is 40.8. The molecule has 0 aromatic rings. The summed E-state index contributed by atoms with van der Waals surface area (Å²) in [5.41, 5.74) is 5.39. The largest absolute Gasteiger partial charge is 0.472 e. The van der Waals surface area contributed by atoms with Crippen LogP contribution in [0.4, 0.5) is 0 Å². The number of hydrogen-bond donors (Lipinski definition) is 2. The van der Waals surface area contributed by atoms with Crippen molar-refractivity contribution in [3.05, 3.63) is 158 Å². The first-order valence-electron chi connectivity index (χ1n) is 33.0. The molecule has 0 aliphatic heterocycles. The van der Waals surface area contributed by atoms with Crippen molar-refractivity contribution in [1.29, 1.82) is 0 Å². The molecule has 0 amide bonds. The summed E-state index contributed by atoms with van der Waals surface area (Å²) in [4.78, 5) is 35.3. The SMILES string of the molecule is CC/C=C\C/C=C\C/C=C\C/C=C\C/C=C\C/C=C\C/C=C\C/C=C\CCCCCCCCCCCCCCC(=O)OC(COC(=O)CCCCCCCCCCC/C=C\C/C=C\C/C=C\C/C=C\C/C=C\CC)COP(=O)(O)OCCN. The van der Waals surface area contributed by atoms with Crippen LogP contribution in [-0.2, 0) is 32.7 Å². The summed E-state index contributed by atoms with van der Waals surface area (Å²) < 4.78 is 33.1. The predicted molar refractivity (Wildman–Crippen MR) is 357 cm³/mol. The van der Waals surface area contributed by atoms with Gasteiger partial charge in [0.15, 0.2) is 6.10 Å². The van der Waals surface area contributed by atoms with Crippen molar-refractivity contribution >= 4 is 19.8 Å². The Morgan fingerprint density at radius 2 is 0.627 bits per heavy atom. The number of phosphoric ester groups is 1. The number of allylic oxidation sites excluding steroid dienone is 26. The van der Waals surface area contributed by atoms with E-state index in [0.717, 1.165) is 141 Å². The number of ether oxygens (including phenoxy) is 2. The van der Waals surface area contributed by atoms with Gasteiger partial charge in [0.25, 0.3) is 0 Å². The monoisotopic (exact) mass is 1170 g/mol. The molecule has 0 bridgehead atoms. The molecular formula is C73H120NO8P. The van der Waals surface area contributed by atoms with E-state index in [1.54, 1.807) is 0 Å². The Labute approximate surface area is 509 Å². The minimum atomic E-state index is -4.40. The number of esters is 2. The molecular weight excluding hydrogens is 1050 g/mol. The maximum absolute atomic E-state index is 12.8. The quantitative estimate of drug-likeness (QED) is 0.0264. The molecule has 0 radical (unpaired) electrons. The number of carbonyl (C=O) groups is 2. The molecule has 0 spiro atoms. The summed E-state index contributed by atoms with van der Waals surface area (Å²) in [5, 5.41) is 0. The highest BCUT2D eigenvalue weighted by atomic mass is 31.2. The first-order valence-corrected chi connectivity index (χ1v) is 34.5. The van der Waals surface area contributed by atoms with Crippen LogP contribution in [0.5, 0.6) is 0 Å². The Morgan fingerprint density at radius 3 is 0.928 bits per heavy atom. The molecule has 0 aromatic carbocycles. The average Bonchev–Trinajstić information content (AvgIpc) is 3.49. The Balaban J connectivity index is 3.97. The van der Waals surface area contributed by atoms with Gasteiger partial charge in [-0.3, -0.25) is 18.6 Å². The summed E-state index contributed by atoms with van der Waals surface area (Å²) >= 11 is 0. The van der Waals surface area contributed by atoms with E-state index in [1.165, 1.54) is 83.5 Å². The number of nitrogens with two attached hydrogens (primary N) is 1. The van der Waals surface area contributed by atoms with Crippen molar-refractivity contribution in [2.75, 3.05) is 26.4 Å². The second-order valence-corrected chi connectivity index (χ2v) is 22.7. The van der Waals surface area contributed by atoms with E-state index in [0.29, 0.717) is 6.42 Å². The van der Waals surface area contributed by atoms with Crippen LogP contribution in [0.1, 0.15) is 258 Å². The zero-order chi connectivity index (χ0) is 60.1. The Kier molecular flexibility index (Phi) is 63.3. The topological polar surface area (TPSA) is 134 Å². The van der Waals surface area contributed by atoms with Gasteiger partial charge in [0.1, 0.15) is 6.61 Å². The molecule has 83 heavy (non-hydrogen) atoms. The minimum absolute atomic E-state index is 0.0449. The standard InChI is InChI=1S/C73H120NO8P/c1-3-5-7-9-11-13-15-17-19-21-23-25-27-29-30-31-32-33-34-35-36-37-38-39-40-42-44-46-48-50-52-54-56-58-60-62-64-66-73(76)82-71(70-81-83(77,78)80-68-67-74)69-79-72(75)65-63-61-59-57-55-53-51-49-47-45-43-41-28-26-24-22-20-18-16-14-12-10-8-6-4-2/h5-8,11-14,17-20,23-26,29-30,32-33,35-36,38-39,41,43,71H,3-4,9-10,15-16,21-22,27-28,31,34,37,40,42,44-70,74H2,1-2H3,(H,77,78)/b7-5-,8-6-,13-11-,14-12-,19-17-,20-18-,25-23-,26-24-,30-29-,33-32-,36-35-,39-38-,43-41-. The molecule has 3 N–H and O–H groups in total. The van der Waals surface area contributed by atoms with Crippen LogP contribution in [0.2, 0.25) is 0 Å². The molecule has 0 rings (SSSR count). The van der Waals surface area contributed by atoms with Crippen molar-refractivity contribution in [3.63, 3.8) is 0 Å². The van der Waals surface area contributed by atoms with Crippen molar-refractivity contribution in [2.45, 2.75) is 264 Å². The molecule has 0 aromatic heterocycles. The normalized spacial score (nSPS) is 14.0. The molecule has 2 atom stereocenters. The fourth-order valence-electron chi connectivity index (χ4n) is 8.62. The maximum atomic E-state index is 12.8. The van der Waals surface area contributed by atoms with Gasteiger partial charge in [-0.05, 0) is 122 Å². The molecule has 0 heterocycles. The second kappa shape index (κ2) is 66.8. The van der Waals surface area contributed by atoms with E-state index < -0.39 is 32.5 Å². The van der Waals surface area contributed by atoms with Crippen molar-refractivity contribution < 1.29 is 37.6 Å². The number of carbonyl (C=O) groups excluding carboxylic acids is 2. The van der Waals surface area contributed by atoms with Crippen molar-refractivity contribution in [2.24, 2.45) is 5.73 Å². The van der Waals surface area contributed by atoms with Gasteiger partial charge in [-0.15, -0.1) is 0 Å². The van der Waals surface area contributed by atoms with E-state index >= 15 is 0 Å². The lowest BCUT2D eigenvalue weighted by atomic mass is 10.0. The maximum Gasteiger partial charge on any atom is 0.472 e. The zero-order valence-corrected chi connectivity index (χ0v) is 53.5. The minimum Gasteiger partial charge on any atom is -0.462 e. The Morgan fingerprint density at radius 1 is 0.361 bits per heavy atom. The van der Waals surface area contributed by atoms with E-state index in [4.69, 9.17) is 24.3 Å². The predicted octanol–water partition coefficient (Wildman–Crippen LogP) is 21.6. The number of hydrogen-bond acceptors (Lipinski definition) is 8. The lowest BCUT2D eigenvalue weighted by Gasteiger charge is -2.19. The van der Waals surface area contributed by atoms with Crippen LogP contribution in [0, 0.1) is 0 Å². The highest BCUT2D eigenvalue weighted by Crippen LogP contribution is 2.43. The molecule has 0 saturated heterocycles. The Bertz CT molecular complexity index is 1920. The third-order valence-electron chi connectivity index (χ3n) is 13.4. The van der Waals surface area contributed by atoms with Gasteiger partial charge in [0.2, 0.25) is 0 Å². The van der Waals surface area contributed by atoms with Crippen LogP contribution in [0.3, 0.4) is 0 Å². The van der Waals surface area contributed by atoms with Crippen LogP contribution in [0.25, 0.3) is 0 Å². The zero-order valence-electron chi connectivity index (χ0n) is 52.6. The van der Waals surface area contributed by atoms with Gasteiger partial charge in [-0.1, -0.05) is 281 Å². The number of rotatable bonds is 60. The van der Waals surface area contributed by atoms with E-state index in [2.05, 4.69) is 172 Å². The van der Waals surface area contributed by atoms with E-state index in [-0.39, 0.29) is 32.6 Å². The molecule has 0 fully saturated rings. The third kappa shape index (κ3) is 66.6. The fraction of sp³-hybridized carbons (Fsp3) is 0.616. The highest BCUT2D eigenvalue weighted by molar-refractivity contribution is 7.47.